The molecular weight excluding hydrogens is 302 g/mol. The van der Waals surface area contributed by atoms with Crippen LogP contribution in [-0.4, -0.2) is 38.8 Å². The van der Waals surface area contributed by atoms with E-state index in [1.54, 1.807) is 12.7 Å². The molecule has 4 rings (SSSR count). The summed E-state index contributed by atoms with van der Waals surface area (Å²) in [5, 5.41) is 7.22. The number of nitrogens with one attached hydrogen (secondary N) is 1. The monoisotopic (exact) mass is 325 g/mol. The highest BCUT2D eigenvalue weighted by Crippen LogP contribution is 2.25. The van der Waals surface area contributed by atoms with Crippen LogP contribution in [0.4, 0.5) is 10.5 Å². The standard InChI is InChI=1S/C18H23N5O/c24-18(21-17-5-4-15-2-1-3-16(15)10-17)22-8-6-14(7-9-22)11-23-13-19-12-20-23/h4-5,10,12-14H,1-3,6-9,11H2,(H,21,24). The van der Waals surface area contributed by atoms with Crippen molar-refractivity contribution in [1.82, 2.24) is 19.7 Å². The number of aryl methyl sites for hydroxylation is 2. The van der Waals surface area contributed by atoms with Crippen molar-refractivity contribution in [2.75, 3.05) is 18.4 Å². The molecule has 24 heavy (non-hydrogen) atoms. The van der Waals surface area contributed by atoms with Gasteiger partial charge in [-0.2, -0.15) is 5.10 Å². The number of carbonyl (C=O) groups excluding carboxylic acids is 1. The molecule has 0 saturated carbocycles. The number of urea groups is 1. The van der Waals surface area contributed by atoms with Crippen LogP contribution in [0.3, 0.4) is 0 Å². The van der Waals surface area contributed by atoms with E-state index >= 15 is 0 Å². The molecule has 2 aromatic rings. The van der Waals surface area contributed by atoms with E-state index in [9.17, 15) is 4.79 Å². The van der Waals surface area contributed by atoms with Crippen molar-refractivity contribution in [3.05, 3.63) is 42.0 Å². The zero-order chi connectivity index (χ0) is 16.4. The Labute approximate surface area is 141 Å². The summed E-state index contributed by atoms with van der Waals surface area (Å²) in [6, 6.07) is 6.34. The van der Waals surface area contributed by atoms with Crippen molar-refractivity contribution in [3.8, 4) is 0 Å². The van der Waals surface area contributed by atoms with Gasteiger partial charge in [-0.05, 0) is 61.3 Å². The molecule has 2 amide bonds. The molecule has 1 aromatic heterocycles. The molecule has 6 nitrogen and oxygen atoms in total. The van der Waals surface area contributed by atoms with E-state index in [2.05, 4.69) is 27.5 Å². The summed E-state index contributed by atoms with van der Waals surface area (Å²) in [6.07, 6.45) is 8.88. The number of nitrogens with zero attached hydrogens (tertiary/aromatic N) is 4. The van der Waals surface area contributed by atoms with Gasteiger partial charge in [-0.3, -0.25) is 4.68 Å². The number of carbonyl (C=O) groups is 1. The van der Waals surface area contributed by atoms with Crippen molar-refractivity contribution < 1.29 is 4.79 Å². The molecule has 2 aliphatic rings. The minimum Gasteiger partial charge on any atom is -0.325 e. The summed E-state index contributed by atoms with van der Waals surface area (Å²) < 4.78 is 1.88. The lowest BCUT2D eigenvalue weighted by Crippen LogP contribution is -2.41. The molecular formula is C18H23N5O. The maximum atomic E-state index is 12.5. The molecule has 1 aliphatic carbocycles. The first-order valence-corrected chi connectivity index (χ1v) is 8.78. The third kappa shape index (κ3) is 3.27. The summed E-state index contributed by atoms with van der Waals surface area (Å²) in [7, 11) is 0. The van der Waals surface area contributed by atoms with E-state index in [1.807, 2.05) is 15.6 Å². The molecule has 0 radical (unpaired) electrons. The quantitative estimate of drug-likeness (QED) is 0.944. The lowest BCUT2D eigenvalue weighted by atomic mass is 9.97. The van der Waals surface area contributed by atoms with Crippen molar-refractivity contribution in [1.29, 1.82) is 0 Å². The number of benzene rings is 1. The maximum Gasteiger partial charge on any atom is 0.321 e. The second-order valence-corrected chi connectivity index (χ2v) is 6.82. The summed E-state index contributed by atoms with van der Waals surface area (Å²) in [6.45, 7) is 2.49. The molecule has 0 bridgehead atoms. The first-order chi connectivity index (χ1) is 11.8. The van der Waals surface area contributed by atoms with Gasteiger partial charge in [-0.15, -0.1) is 0 Å². The summed E-state index contributed by atoms with van der Waals surface area (Å²) in [5.41, 5.74) is 3.74. The van der Waals surface area contributed by atoms with Gasteiger partial charge in [0.1, 0.15) is 12.7 Å². The number of rotatable bonds is 3. The first-order valence-electron chi connectivity index (χ1n) is 8.78. The number of hydrogen-bond donors (Lipinski definition) is 1. The number of anilines is 1. The highest BCUT2D eigenvalue weighted by atomic mass is 16.2. The van der Waals surface area contributed by atoms with Gasteiger partial charge < -0.3 is 10.2 Å². The fraction of sp³-hybridized carbons (Fsp3) is 0.500. The Morgan fingerprint density at radius 2 is 2.04 bits per heavy atom. The molecule has 1 N–H and O–H groups in total. The Morgan fingerprint density at radius 1 is 1.21 bits per heavy atom. The number of aromatic nitrogens is 3. The first kappa shape index (κ1) is 15.2. The number of likely N-dealkylation sites (tertiary alicyclic amines) is 1. The Kier molecular flexibility index (Phi) is 4.19. The van der Waals surface area contributed by atoms with Crippen molar-refractivity contribution >= 4 is 11.7 Å². The Balaban J connectivity index is 1.30. The fourth-order valence-corrected chi connectivity index (χ4v) is 3.76. The Morgan fingerprint density at radius 3 is 2.83 bits per heavy atom. The fourth-order valence-electron chi connectivity index (χ4n) is 3.76. The molecule has 1 fully saturated rings. The van der Waals surface area contributed by atoms with Crippen molar-refractivity contribution in [2.45, 2.75) is 38.6 Å². The molecule has 2 heterocycles. The van der Waals surface area contributed by atoms with Crippen molar-refractivity contribution in [3.63, 3.8) is 0 Å². The van der Waals surface area contributed by atoms with Gasteiger partial charge in [0.15, 0.2) is 0 Å². The van der Waals surface area contributed by atoms with E-state index in [4.69, 9.17) is 0 Å². The van der Waals surface area contributed by atoms with Crippen LogP contribution in [0.2, 0.25) is 0 Å². The smallest absolute Gasteiger partial charge is 0.321 e. The predicted octanol–water partition coefficient (Wildman–Crippen LogP) is 2.71. The van der Waals surface area contributed by atoms with Crippen LogP contribution in [-0.2, 0) is 19.4 Å². The van der Waals surface area contributed by atoms with Gasteiger partial charge in [0.05, 0.1) is 0 Å². The van der Waals surface area contributed by atoms with E-state index < -0.39 is 0 Å². The third-order valence-electron chi connectivity index (χ3n) is 5.16. The zero-order valence-corrected chi connectivity index (χ0v) is 13.8. The molecule has 6 heteroatoms. The largest absolute Gasteiger partial charge is 0.325 e. The van der Waals surface area contributed by atoms with Gasteiger partial charge in [-0.25, -0.2) is 9.78 Å². The van der Waals surface area contributed by atoms with E-state index in [1.165, 1.54) is 24.0 Å². The lowest BCUT2D eigenvalue weighted by molar-refractivity contribution is 0.175. The molecule has 126 valence electrons. The molecule has 0 atom stereocenters. The number of hydrogen-bond acceptors (Lipinski definition) is 3. The van der Waals surface area contributed by atoms with E-state index in [0.717, 1.165) is 44.6 Å². The van der Waals surface area contributed by atoms with Crippen LogP contribution >= 0.6 is 0 Å². The molecule has 0 spiro atoms. The van der Waals surface area contributed by atoms with Gasteiger partial charge in [0.25, 0.3) is 0 Å². The molecule has 1 aliphatic heterocycles. The average molecular weight is 325 g/mol. The number of amides is 2. The van der Waals surface area contributed by atoms with Crippen LogP contribution < -0.4 is 5.32 Å². The van der Waals surface area contributed by atoms with Crippen LogP contribution in [0.1, 0.15) is 30.4 Å². The second kappa shape index (κ2) is 6.63. The summed E-state index contributed by atoms with van der Waals surface area (Å²) >= 11 is 0. The average Bonchev–Trinajstić information content (AvgIpc) is 3.26. The van der Waals surface area contributed by atoms with Crippen LogP contribution in [0.25, 0.3) is 0 Å². The van der Waals surface area contributed by atoms with E-state index in [0.29, 0.717) is 5.92 Å². The van der Waals surface area contributed by atoms with Crippen LogP contribution in [0, 0.1) is 5.92 Å². The highest BCUT2D eigenvalue weighted by molar-refractivity contribution is 5.89. The third-order valence-corrected chi connectivity index (χ3v) is 5.16. The molecule has 1 aromatic carbocycles. The number of fused-ring (bicyclic) bond motifs is 1. The van der Waals surface area contributed by atoms with Gasteiger partial charge >= 0.3 is 6.03 Å². The predicted molar refractivity (Wildman–Crippen MR) is 91.8 cm³/mol. The highest BCUT2D eigenvalue weighted by Gasteiger charge is 2.23. The van der Waals surface area contributed by atoms with Gasteiger partial charge in [-0.1, -0.05) is 6.07 Å². The maximum absolute atomic E-state index is 12.5. The van der Waals surface area contributed by atoms with Gasteiger partial charge in [0.2, 0.25) is 0 Å². The lowest BCUT2D eigenvalue weighted by Gasteiger charge is -2.32. The molecule has 1 saturated heterocycles. The van der Waals surface area contributed by atoms with Crippen LogP contribution in [0.15, 0.2) is 30.9 Å². The second-order valence-electron chi connectivity index (χ2n) is 6.82. The minimum atomic E-state index is 0.0205. The van der Waals surface area contributed by atoms with E-state index in [-0.39, 0.29) is 6.03 Å². The Hall–Kier alpha value is -2.37. The normalized spacial score (nSPS) is 17.8. The molecule has 0 unspecified atom stereocenters. The summed E-state index contributed by atoms with van der Waals surface area (Å²) in [4.78, 5) is 18.4. The Bertz CT molecular complexity index is 704. The number of piperidine rings is 1. The van der Waals surface area contributed by atoms with Crippen molar-refractivity contribution in [2.24, 2.45) is 5.92 Å². The van der Waals surface area contributed by atoms with Gasteiger partial charge in [0, 0.05) is 25.3 Å². The zero-order valence-electron chi connectivity index (χ0n) is 13.8. The minimum absolute atomic E-state index is 0.0205. The summed E-state index contributed by atoms with van der Waals surface area (Å²) in [5.74, 6) is 0.566. The topological polar surface area (TPSA) is 63.1 Å². The van der Waals surface area contributed by atoms with Crippen LogP contribution in [0.5, 0.6) is 0 Å². The SMILES string of the molecule is O=C(Nc1ccc2c(c1)CCC2)N1CCC(Cn2cncn2)CC1.